The summed E-state index contributed by atoms with van der Waals surface area (Å²) in [6.07, 6.45) is 0.565. The first kappa shape index (κ1) is 13.8. The Hall–Kier alpha value is -2.60. The number of carbonyl (C=O) groups is 1. The molecular weight excluding hydrogens is 258 g/mol. The number of aromatic amines is 1. The molecule has 6 heteroatoms. The molecule has 1 unspecified atom stereocenters. The largest absolute Gasteiger partial charge is 0.399 e. The molecule has 0 aliphatic rings. The van der Waals surface area contributed by atoms with Crippen molar-refractivity contribution in [1.82, 2.24) is 10.3 Å². The maximum absolute atomic E-state index is 11.8. The number of nitrogens with two attached hydrogens (primary N) is 1. The van der Waals surface area contributed by atoms with E-state index in [0.29, 0.717) is 11.3 Å². The fourth-order valence-corrected chi connectivity index (χ4v) is 1.71. The van der Waals surface area contributed by atoms with Crippen molar-refractivity contribution in [3.05, 3.63) is 64.1 Å². The minimum Gasteiger partial charge on any atom is -0.399 e. The average Bonchev–Trinajstić information content (AvgIpc) is 2.45. The highest BCUT2D eigenvalue weighted by Gasteiger charge is 2.11. The van der Waals surface area contributed by atoms with Gasteiger partial charge < -0.3 is 21.1 Å². The van der Waals surface area contributed by atoms with Gasteiger partial charge in [-0.15, -0.1) is 0 Å². The van der Waals surface area contributed by atoms with E-state index >= 15 is 0 Å². The van der Waals surface area contributed by atoms with Crippen LogP contribution in [0.4, 0.5) is 5.69 Å². The van der Waals surface area contributed by atoms with Gasteiger partial charge in [0.15, 0.2) is 0 Å². The molecule has 2 aromatic rings. The van der Waals surface area contributed by atoms with Crippen LogP contribution in [0.2, 0.25) is 0 Å². The van der Waals surface area contributed by atoms with Crippen molar-refractivity contribution < 1.29 is 9.90 Å². The lowest BCUT2D eigenvalue weighted by atomic mass is 10.1. The summed E-state index contributed by atoms with van der Waals surface area (Å²) in [5.41, 5.74) is 6.72. The zero-order valence-corrected chi connectivity index (χ0v) is 10.7. The topological polar surface area (TPSA) is 108 Å². The number of H-pyrrole nitrogens is 1. The lowest BCUT2D eigenvalue weighted by Gasteiger charge is -2.12. The number of benzene rings is 1. The Morgan fingerprint density at radius 2 is 2.00 bits per heavy atom. The summed E-state index contributed by atoms with van der Waals surface area (Å²) in [6, 6.07) is 9.43. The van der Waals surface area contributed by atoms with Crippen LogP contribution in [-0.2, 0) is 0 Å². The van der Waals surface area contributed by atoms with E-state index < -0.39 is 12.0 Å². The lowest BCUT2D eigenvalue weighted by molar-refractivity contribution is 0.0916. The zero-order valence-electron chi connectivity index (χ0n) is 10.7. The third-order valence-corrected chi connectivity index (χ3v) is 2.81. The molecule has 5 N–H and O–H groups in total. The van der Waals surface area contributed by atoms with Crippen LogP contribution in [0.5, 0.6) is 0 Å². The predicted octanol–water partition coefficient (Wildman–Crippen LogP) is 0.420. The highest BCUT2D eigenvalue weighted by atomic mass is 16.3. The van der Waals surface area contributed by atoms with Gasteiger partial charge in [-0.05, 0) is 23.8 Å². The number of aromatic nitrogens is 1. The van der Waals surface area contributed by atoms with E-state index in [1.54, 1.807) is 24.3 Å². The van der Waals surface area contributed by atoms with Crippen molar-refractivity contribution in [2.75, 3.05) is 12.3 Å². The van der Waals surface area contributed by atoms with Gasteiger partial charge in [-0.1, -0.05) is 12.1 Å². The molecule has 0 fully saturated rings. The summed E-state index contributed by atoms with van der Waals surface area (Å²) in [5.74, 6) is -0.411. The number of aliphatic hydroxyl groups is 1. The minimum absolute atomic E-state index is 0.0511. The van der Waals surface area contributed by atoms with Crippen LogP contribution in [0.3, 0.4) is 0 Å². The predicted molar refractivity (Wildman–Crippen MR) is 75.2 cm³/mol. The van der Waals surface area contributed by atoms with Crippen LogP contribution in [-0.4, -0.2) is 22.5 Å². The summed E-state index contributed by atoms with van der Waals surface area (Å²) in [5, 5.41) is 12.5. The van der Waals surface area contributed by atoms with Crippen LogP contribution in [0.25, 0.3) is 0 Å². The number of nitrogen functional groups attached to an aromatic ring is 1. The fraction of sp³-hybridized carbons (Fsp3) is 0.143. The van der Waals surface area contributed by atoms with Gasteiger partial charge >= 0.3 is 0 Å². The molecule has 1 atom stereocenters. The zero-order chi connectivity index (χ0) is 14.5. The van der Waals surface area contributed by atoms with Gasteiger partial charge in [0.25, 0.3) is 5.91 Å². The van der Waals surface area contributed by atoms with Gasteiger partial charge in [-0.2, -0.15) is 0 Å². The quantitative estimate of drug-likeness (QED) is 0.605. The highest BCUT2D eigenvalue weighted by Crippen LogP contribution is 2.13. The number of anilines is 1. The second-order valence-electron chi connectivity index (χ2n) is 4.33. The molecule has 1 aromatic carbocycles. The highest BCUT2D eigenvalue weighted by molar-refractivity contribution is 5.93. The van der Waals surface area contributed by atoms with Gasteiger partial charge in [-0.25, -0.2) is 0 Å². The smallest absolute Gasteiger partial charge is 0.251 e. The van der Waals surface area contributed by atoms with Crippen LogP contribution in [0.1, 0.15) is 22.0 Å². The summed E-state index contributed by atoms with van der Waals surface area (Å²) < 4.78 is 0. The Morgan fingerprint density at radius 1 is 1.30 bits per heavy atom. The number of carbonyl (C=O) groups excluding carboxylic acids is 1. The molecule has 0 saturated heterocycles. The second-order valence-corrected chi connectivity index (χ2v) is 4.33. The maximum atomic E-state index is 11.8. The van der Waals surface area contributed by atoms with Crippen LogP contribution in [0.15, 0.2) is 47.4 Å². The molecule has 2 rings (SSSR count). The summed E-state index contributed by atoms with van der Waals surface area (Å²) in [7, 11) is 0. The third kappa shape index (κ3) is 3.46. The molecule has 0 saturated carbocycles. The molecule has 0 aliphatic heterocycles. The molecule has 20 heavy (non-hydrogen) atoms. The van der Waals surface area contributed by atoms with Crippen molar-refractivity contribution in [1.29, 1.82) is 0 Å². The van der Waals surface area contributed by atoms with Crippen molar-refractivity contribution in [2.24, 2.45) is 0 Å². The first-order valence-electron chi connectivity index (χ1n) is 6.07. The van der Waals surface area contributed by atoms with Crippen LogP contribution in [0, 0.1) is 0 Å². The third-order valence-electron chi connectivity index (χ3n) is 2.81. The molecule has 6 nitrogen and oxygen atoms in total. The molecule has 0 spiro atoms. The SMILES string of the molecule is Nc1ccc(C(O)CNC(=O)c2cc[nH]c(=O)c2)cc1. The Morgan fingerprint density at radius 3 is 2.65 bits per heavy atom. The lowest BCUT2D eigenvalue weighted by Crippen LogP contribution is -2.29. The second kappa shape index (κ2) is 6.03. The molecular formula is C14H15N3O3. The minimum atomic E-state index is -0.832. The number of hydrogen-bond donors (Lipinski definition) is 4. The molecule has 0 radical (unpaired) electrons. The van der Waals surface area contributed by atoms with Crippen molar-refractivity contribution >= 4 is 11.6 Å². The summed E-state index contributed by atoms with van der Waals surface area (Å²) in [6.45, 7) is 0.0511. The number of aliphatic hydroxyl groups excluding tert-OH is 1. The van der Waals surface area contributed by atoms with E-state index in [1.165, 1.54) is 18.3 Å². The molecule has 1 heterocycles. The van der Waals surface area contributed by atoms with Crippen LogP contribution >= 0.6 is 0 Å². The Bertz CT molecular complexity index is 649. The summed E-state index contributed by atoms with van der Waals surface area (Å²) in [4.78, 5) is 25.3. The molecule has 0 aliphatic carbocycles. The first-order valence-corrected chi connectivity index (χ1v) is 6.07. The maximum Gasteiger partial charge on any atom is 0.251 e. The Balaban J connectivity index is 1.96. The molecule has 0 bridgehead atoms. The van der Waals surface area contributed by atoms with Gasteiger partial charge in [0.1, 0.15) is 0 Å². The van der Waals surface area contributed by atoms with Crippen LogP contribution < -0.4 is 16.6 Å². The van der Waals surface area contributed by atoms with Gasteiger partial charge in [0.05, 0.1) is 6.10 Å². The van der Waals surface area contributed by atoms with Crippen molar-refractivity contribution in [3.8, 4) is 0 Å². The van der Waals surface area contributed by atoms with E-state index in [2.05, 4.69) is 10.3 Å². The monoisotopic (exact) mass is 273 g/mol. The number of amides is 1. The van der Waals surface area contributed by atoms with Gasteiger partial charge in [-0.3, -0.25) is 9.59 Å². The Labute approximate surface area is 115 Å². The standard InChI is InChI=1S/C14H15N3O3/c15-11-3-1-9(2-4-11)12(18)8-17-14(20)10-5-6-16-13(19)7-10/h1-7,12,18H,8,15H2,(H,16,19)(H,17,20). The number of rotatable bonds is 4. The van der Waals surface area contributed by atoms with Gasteiger partial charge in [0.2, 0.25) is 5.56 Å². The summed E-state index contributed by atoms with van der Waals surface area (Å²) >= 11 is 0. The normalized spacial score (nSPS) is 11.8. The number of nitrogens with one attached hydrogen (secondary N) is 2. The first-order chi connectivity index (χ1) is 9.56. The van der Waals surface area contributed by atoms with Crippen molar-refractivity contribution in [2.45, 2.75) is 6.10 Å². The van der Waals surface area contributed by atoms with E-state index in [-0.39, 0.29) is 17.7 Å². The van der Waals surface area contributed by atoms with E-state index in [9.17, 15) is 14.7 Å². The Kier molecular flexibility index (Phi) is 4.17. The van der Waals surface area contributed by atoms with Gasteiger partial charge in [0, 0.05) is 30.1 Å². The van der Waals surface area contributed by atoms with E-state index in [4.69, 9.17) is 5.73 Å². The molecule has 1 amide bonds. The fourth-order valence-electron chi connectivity index (χ4n) is 1.71. The molecule has 104 valence electrons. The average molecular weight is 273 g/mol. The van der Waals surface area contributed by atoms with E-state index in [0.717, 1.165) is 0 Å². The number of hydrogen-bond acceptors (Lipinski definition) is 4. The molecule has 1 aromatic heterocycles. The van der Waals surface area contributed by atoms with E-state index in [1.807, 2.05) is 0 Å². The number of pyridine rings is 1. The van der Waals surface area contributed by atoms with Crippen molar-refractivity contribution in [3.63, 3.8) is 0 Å².